The summed E-state index contributed by atoms with van der Waals surface area (Å²) in [6.07, 6.45) is 6.20. The summed E-state index contributed by atoms with van der Waals surface area (Å²) < 4.78 is 11.2. The van der Waals surface area contributed by atoms with Crippen molar-refractivity contribution >= 4 is 82.5 Å². The van der Waals surface area contributed by atoms with E-state index in [1.807, 2.05) is 47.0 Å². The maximum absolute atomic E-state index is 11.1. The van der Waals surface area contributed by atoms with Crippen molar-refractivity contribution in [1.29, 1.82) is 0 Å². The second kappa shape index (κ2) is 16.6. The zero-order chi connectivity index (χ0) is 22.3. The highest BCUT2D eigenvalue weighted by Crippen LogP contribution is 2.42. The van der Waals surface area contributed by atoms with E-state index >= 15 is 0 Å². The molecule has 0 saturated carbocycles. The normalized spacial score (nSPS) is 20.1. The lowest BCUT2D eigenvalue weighted by molar-refractivity contribution is -0.137. The predicted molar refractivity (Wildman–Crippen MR) is 145 cm³/mol. The molecule has 31 heavy (non-hydrogen) atoms. The molecular weight excluding hydrogens is 509 g/mol. The maximum Gasteiger partial charge on any atom is 0.330 e. The summed E-state index contributed by atoms with van der Waals surface area (Å²) in [6, 6.07) is 0. The number of carbonyl (C=O) groups is 2. The van der Waals surface area contributed by atoms with Gasteiger partial charge in [-0.2, -0.15) is 23.5 Å². The molecule has 2 aliphatic rings. The first kappa shape index (κ1) is 27.2. The van der Waals surface area contributed by atoms with Gasteiger partial charge in [-0.15, -0.1) is 47.0 Å². The van der Waals surface area contributed by atoms with Crippen molar-refractivity contribution in [3.8, 4) is 0 Å². The predicted octanol–water partition coefficient (Wildman–Crippen LogP) is 6.38. The lowest BCUT2D eigenvalue weighted by Gasteiger charge is -2.10. The molecule has 0 aromatic heterocycles. The van der Waals surface area contributed by atoms with Gasteiger partial charge in [0.15, 0.2) is 0 Å². The van der Waals surface area contributed by atoms with Gasteiger partial charge < -0.3 is 9.47 Å². The first-order chi connectivity index (χ1) is 15.1. The Bertz CT molecular complexity index is 623. The number of ether oxygens (including phenoxy) is 2. The fourth-order valence-electron chi connectivity index (χ4n) is 2.38. The minimum Gasteiger partial charge on any atom is -0.457 e. The van der Waals surface area contributed by atoms with Gasteiger partial charge in [-0.3, -0.25) is 0 Å². The molecule has 2 aliphatic heterocycles. The molecule has 0 radical (unpaired) electrons. The Labute approximate surface area is 211 Å². The molecule has 2 heterocycles. The molecule has 10 heteroatoms. The number of thioether (sulfide) groups is 6. The number of carbonyl (C=O) groups excluding carboxylic acids is 2. The van der Waals surface area contributed by atoms with Gasteiger partial charge in [0, 0.05) is 33.5 Å². The third kappa shape index (κ3) is 12.1. The van der Waals surface area contributed by atoms with Gasteiger partial charge in [0.25, 0.3) is 0 Å². The molecule has 2 atom stereocenters. The van der Waals surface area contributed by atoms with E-state index < -0.39 is 0 Å². The van der Waals surface area contributed by atoms with E-state index in [0.717, 1.165) is 21.3 Å². The molecule has 0 aromatic carbocycles. The Morgan fingerprint density at radius 1 is 0.839 bits per heavy atom. The number of esters is 2. The van der Waals surface area contributed by atoms with Crippen molar-refractivity contribution in [2.45, 2.75) is 28.4 Å². The summed E-state index contributed by atoms with van der Waals surface area (Å²) in [7, 11) is 0. The molecule has 0 saturated heterocycles. The SMILES string of the molecule is C=CC(=O)OCC1=CSC(CSCCCCCSCC2SC=C(COC(=O)C=C)S2)S1. The summed E-state index contributed by atoms with van der Waals surface area (Å²) in [5, 5.41) is 4.22. The molecule has 0 fully saturated rings. The molecule has 172 valence electrons. The molecule has 4 nitrogen and oxygen atoms in total. The van der Waals surface area contributed by atoms with E-state index in [1.165, 1.54) is 42.9 Å². The van der Waals surface area contributed by atoms with Crippen LogP contribution in [-0.2, 0) is 19.1 Å². The molecule has 0 N–H and O–H groups in total. The van der Waals surface area contributed by atoms with Crippen molar-refractivity contribution < 1.29 is 19.1 Å². The lowest BCUT2D eigenvalue weighted by atomic mass is 10.3. The first-order valence-corrected chi connectivity index (χ1v) is 15.8. The second-order valence-corrected chi connectivity index (χ2v) is 14.1. The van der Waals surface area contributed by atoms with E-state index in [9.17, 15) is 9.59 Å². The summed E-state index contributed by atoms with van der Waals surface area (Å²) in [6.45, 7) is 7.53. The molecule has 0 aromatic rings. The van der Waals surface area contributed by atoms with Crippen LogP contribution in [0.1, 0.15) is 19.3 Å². The Kier molecular flexibility index (Phi) is 14.6. The van der Waals surface area contributed by atoms with Gasteiger partial charge in [0.1, 0.15) is 13.2 Å². The Balaban J connectivity index is 1.36. The Hall–Kier alpha value is -0.000000000000000222. The molecule has 0 amide bonds. The standard InChI is InChI=1S/C21H28O4S6/c1-3-18(22)24-10-16-12-28-20(30-16)14-26-8-6-5-7-9-27-15-21-29-13-17(31-21)11-25-19(23)4-2/h3-4,12-13,20-21H,1-2,5-11,14-15H2. The van der Waals surface area contributed by atoms with Crippen LogP contribution in [-0.4, -0.2) is 57.3 Å². The van der Waals surface area contributed by atoms with E-state index in [-0.39, 0.29) is 11.9 Å². The van der Waals surface area contributed by atoms with E-state index in [4.69, 9.17) is 9.47 Å². The average molecular weight is 537 g/mol. The van der Waals surface area contributed by atoms with Gasteiger partial charge in [0.05, 0.1) is 9.16 Å². The highest BCUT2D eigenvalue weighted by Gasteiger charge is 2.20. The van der Waals surface area contributed by atoms with Gasteiger partial charge in [-0.1, -0.05) is 19.6 Å². The number of unbranched alkanes of at least 4 members (excludes halogenated alkanes) is 2. The zero-order valence-electron chi connectivity index (χ0n) is 17.3. The summed E-state index contributed by atoms with van der Waals surface area (Å²) >= 11 is 11.3. The Morgan fingerprint density at radius 2 is 1.29 bits per heavy atom. The maximum atomic E-state index is 11.1. The van der Waals surface area contributed by atoms with Crippen LogP contribution in [0.3, 0.4) is 0 Å². The highest BCUT2D eigenvalue weighted by molar-refractivity contribution is 8.24. The topological polar surface area (TPSA) is 52.6 Å². The van der Waals surface area contributed by atoms with Gasteiger partial charge in [-0.05, 0) is 35.2 Å². The third-order valence-corrected chi connectivity index (χ3v) is 12.3. The number of hydrogen-bond acceptors (Lipinski definition) is 10. The monoisotopic (exact) mass is 536 g/mol. The molecule has 0 spiro atoms. The van der Waals surface area contributed by atoms with Crippen LogP contribution >= 0.6 is 70.6 Å². The van der Waals surface area contributed by atoms with Crippen LogP contribution in [0.4, 0.5) is 0 Å². The lowest BCUT2D eigenvalue weighted by Crippen LogP contribution is -2.03. The number of rotatable bonds is 16. The van der Waals surface area contributed by atoms with Crippen molar-refractivity contribution in [3.63, 3.8) is 0 Å². The second-order valence-electron chi connectivity index (χ2n) is 6.37. The van der Waals surface area contributed by atoms with Crippen LogP contribution in [0, 0.1) is 0 Å². The first-order valence-electron chi connectivity index (χ1n) is 9.87. The molecule has 2 unspecified atom stereocenters. The van der Waals surface area contributed by atoms with E-state index in [0.29, 0.717) is 22.4 Å². The summed E-state index contributed by atoms with van der Waals surface area (Å²) in [5.41, 5.74) is 0. The van der Waals surface area contributed by atoms with E-state index in [2.05, 4.69) is 24.0 Å². The van der Waals surface area contributed by atoms with Crippen molar-refractivity contribution in [1.82, 2.24) is 0 Å². The van der Waals surface area contributed by atoms with Gasteiger partial charge >= 0.3 is 11.9 Å². The van der Waals surface area contributed by atoms with E-state index in [1.54, 1.807) is 23.5 Å². The third-order valence-electron chi connectivity index (χ3n) is 3.90. The van der Waals surface area contributed by atoms with Crippen LogP contribution in [0.5, 0.6) is 0 Å². The van der Waals surface area contributed by atoms with Gasteiger partial charge in [-0.25, -0.2) is 9.59 Å². The quantitative estimate of drug-likeness (QED) is 0.126. The fraction of sp³-hybridized carbons (Fsp3) is 0.524. The van der Waals surface area contributed by atoms with Crippen LogP contribution < -0.4 is 0 Å². The Morgan fingerprint density at radius 3 is 1.71 bits per heavy atom. The molecule has 0 aliphatic carbocycles. The molecular formula is C21H28O4S6. The number of hydrogen-bond donors (Lipinski definition) is 0. The van der Waals surface area contributed by atoms with Crippen molar-refractivity contribution in [3.05, 3.63) is 45.9 Å². The largest absolute Gasteiger partial charge is 0.457 e. The zero-order valence-corrected chi connectivity index (χ0v) is 22.2. The van der Waals surface area contributed by atoms with Gasteiger partial charge in [0.2, 0.25) is 0 Å². The van der Waals surface area contributed by atoms with Crippen LogP contribution in [0.15, 0.2) is 45.9 Å². The minimum atomic E-state index is -0.365. The van der Waals surface area contributed by atoms with Crippen LogP contribution in [0.25, 0.3) is 0 Å². The molecule has 2 rings (SSSR count). The highest BCUT2D eigenvalue weighted by atomic mass is 32.2. The summed E-state index contributed by atoms with van der Waals surface area (Å²) in [5.74, 6) is 3.91. The van der Waals surface area contributed by atoms with Crippen molar-refractivity contribution in [2.24, 2.45) is 0 Å². The summed E-state index contributed by atoms with van der Waals surface area (Å²) in [4.78, 5) is 24.5. The van der Waals surface area contributed by atoms with Crippen LogP contribution in [0.2, 0.25) is 0 Å². The average Bonchev–Trinajstić information content (AvgIpc) is 3.43. The minimum absolute atomic E-state index is 0.360. The smallest absolute Gasteiger partial charge is 0.330 e. The molecule has 0 bridgehead atoms. The fourth-order valence-corrected chi connectivity index (χ4v) is 10.2. The van der Waals surface area contributed by atoms with Crippen molar-refractivity contribution in [2.75, 3.05) is 36.2 Å².